The van der Waals surface area contributed by atoms with Crippen LogP contribution in [0.1, 0.15) is 12.0 Å². The lowest BCUT2D eigenvalue weighted by Gasteiger charge is -2.31. The average Bonchev–Trinajstić information content (AvgIpc) is 2.97. The van der Waals surface area contributed by atoms with Crippen LogP contribution in [0.3, 0.4) is 0 Å². The van der Waals surface area contributed by atoms with Crippen LogP contribution in [0.4, 0.5) is 20.3 Å². The van der Waals surface area contributed by atoms with Crippen molar-refractivity contribution in [3.8, 4) is 0 Å². The molecule has 0 spiro atoms. The summed E-state index contributed by atoms with van der Waals surface area (Å²) in [6.07, 6.45) is 0.298. The Labute approximate surface area is 156 Å². The molecule has 1 atom stereocenters. The number of halogens is 2. The molecule has 27 heavy (non-hydrogen) atoms. The second kappa shape index (κ2) is 7.31. The lowest BCUT2D eigenvalue weighted by molar-refractivity contribution is 0.0224. The van der Waals surface area contributed by atoms with Crippen molar-refractivity contribution in [1.82, 2.24) is 4.98 Å². The number of hydrogen-bond acceptors (Lipinski definition) is 4. The Balaban J connectivity index is 1.63. The predicted molar refractivity (Wildman–Crippen MR) is 101 cm³/mol. The van der Waals surface area contributed by atoms with Crippen molar-refractivity contribution < 1.29 is 13.5 Å². The number of pyridine rings is 1. The minimum atomic E-state index is -2.77. The second-order valence-electron chi connectivity index (χ2n) is 7.22. The van der Waals surface area contributed by atoms with Crippen molar-refractivity contribution in [2.75, 3.05) is 42.6 Å². The molecule has 3 heterocycles. The fourth-order valence-electron chi connectivity index (χ4n) is 3.92. The van der Waals surface area contributed by atoms with Gasteiger partial charge in [0, 0.05) is 43.4 Å². The van der Waals surface area contributed by atoms with Crippen LogP contribution >= 0.6 is 0 Å². The summed E-state index contributed by atoms with van der Waals surface area (Å²) in [6, 6.07) is 12.6. The molecule has 2 fully saturated rings. The Hall–Kier alpha value is -2.41. The van der Waals surface area contributed by atoms with Gasteiger partial charge < -0.3 is 19.5 Å². The molecule has 0 aliphatic carbocycles. The van der Waals surface area contributed by atoms with E-state index in [-0.39, 0.29) is 24.6 Å². The molecule has 1 aromatic carbocycles. The van der Waals surface area contributed by atoms with Crippen molar-refractivity contribution >= 4 is 11.5 Å². The van der Waals surface area contributed by atoms with Gasteiger partial charge in [0.05, 0.1) is 19.8 Å². The molecule has 2 aliphatic rings. The number of aromatic nitrogens is 1. The van der Waals surface area contributed by atoms with Gasteiger partial charge in [-0.15, -0.1) is 0 Å². The number of morpholine rings is 1. The largest absolute Gasteiger partial charge is 0.378 e. The molecule has 4 rings (SSSR count). The molecular formula is C20H23F2N3O2. The summed E-state index contributed by atoms with van der Waals surface area (Å²) in [4.78, 5) is 18.7. The van der Waals surface area contributed by atoms with Gasteiger partial charge >= 0.3 is 0 Å². The number of aromatic amines is 1. The molecule has 1 aromatic heterocycles. The average molecular weight is 375 g/mol. The third-order valence-corrected chi connectivity index (χ3v) is 5.19. The van der Waals surface area contributed by atoms with E-state index in [1.165, 1.54) is 6.07 Å². The number of rotatable bonds is 4. The van der Waals surface area contributed by atoms with E-state index in [9.17, 15) is 13.6 Å². The molecule has 7 heteroatoms. The van der Waals surface area contributed by atoms with Crippen LogP contribution in [0.5, 0.6) is 0 Å². The van der Waals surface area contributed by atoms with Gasteiger partial charge in [-0.1, -0.05) is 30.3 Å². The molecule has 1 N–H and O–H groups in total. The summed E-state index contributed by atoms with van der Waals surface area (Å²) in [7, 11) is 0. The first kappa shape index (κ1) is 18.0. The zero-order valence-electron chi connectivity index (χ0n) is 15.0. The number of anilines is 2. The van der Waals surface area contributed by atoms with Crippen molar-refractivity contribution in [2.45, 2.75) is 24.8 Å². The number of alkyl halides is 2. The summed E-state index contributed by atoms with van der Waals surface area (Å²) >= 11 is 0. The van der Waals surface area contributed by atoms with Crippen LogP contribution in [0.25, 0.3) is 0 Å². The third-order valence-electron chi connectivity index (χ3n) is 5.19. The van der Waals surface area contributed by atoms with Crippen LogP contribution < -0.4 is 15.4 Å². The molecule has 0 radical (unpaired) electrons. The topological polar surface area (TPSA) is 48.6 Å². The summed E-state index contributed by atoms with van der Waals surface area (Å²) in [5.41, 5.74) is 1.49. The molecular weight excluding hydrogens is 352 g/mol. The Morgan fingerprint density at radius 1 is 1.15 bits per heavy atom. The van der Waals surface area contributed by atoms with Gasteiger partial charge in [0.1, 0.15) is 5.82 Å². The van der Waals surface area contributed by atoms with Crippen LogP contribution in [0.15, 0.2) is 47.3 Å². The van der Waals surface area contributed by atoms with Crippen LogP contribution in [-0.2, 0) is 11.2 Å². The predicted octanol–water partition coefficient (Wildman–Crippen LogP) is 2.67. The molecule has 2 aromatic rings. The van der Waals surface area contributed by atoms with Crippen LogP contribution in [-0.4, -0.2) is 49.8 Å². The first-order valence-electron chi connectivity index (χ1n) is 9.26. The van der Waals surface area contributed by atoms with Crippen LogP contribution in [0, 0.1) is 0 Å². The number of ether oxygens (including phenoxy) is 1. The van der Waals surface area contributed by atoms with Gasteiger partial charge in [0.2, 0.25) is 0 Å². The lowest BCUT2D eigenvalue weighted by Crippen LogP contribution is -2.38. The molecule has 0 amide bonds. The summed E-state index contributed by atoms with van der Waals surface area (Å²) in [5, 5.41) is 0. The third kappa shape index (κ3) is 4.13. The van der Waals surface area contributed by atoms with E-state index in [1.807, 2.05) is 36.4 Å². The maximum atomic E-state index is 14.2. The second-order valence-corrected chi connectivity index (χ2v) is 7.22. The number of nitrogens with one attached hydrogen (secondary N) is 1. The molecule has 2 saturated heterocycles. The van der Waals surface area contributed by atoms with Gasteiger partial charge in [-0.2, -0.15) is 0 Å². The smallest absolute Gasteiger partial charge is 0.267 e. The lowest BCUT2D eigenvalue weighted by atomic mass is 10.0. The molecule has 144 valence electrons. The SMILES string of the molecule is O=c1cc(N2CCOCC2)cc(N2CC(F)(F)C[C@@H]2Cc2ccccc2)[nH]1. The highest BCUT2D eigenvalue weighted by molar-refractivity contribution is 5.56. The van der Waals surface area contributed by atoms with E-state index >= 15 is 0 Å². The minimum absolute atomic E-state index is 0.217. The zero-order valence-corrected chi connectivity index (χ0v) is 15.0. The molecule has 0 saturated carbocycles. The maximum Gasteiger partial charge on any atom is 0.267 e. The number of nitrogens with zero attached hydrogens (tertiary/aromatic N) is 2. The first-order valence-corrected chi connectivity index (χ1v) is 9.26. The van der Waals surface area contributed by atoms with E-state index < -0.39 is 5.92 Å². The fourth-order valence-corrected chi connectivity index (χ4v) is 3.92. The molecule has 2 aliphatic heterocycles. The Morgan fingerprint density at radius 3 is 2.63 bits per heavy atom. The quantitative estimate of drug-likeness (QED) is 0.893. The number of benzene rings is 1. The van der Waals surface area contributed by atoms with E-state index in [0.29, 0.717) is 38.5 Å². The minimum Gasteiger partial charge on any atom is -0.378 e. The van der Waals surface area contributed by atoms with Crippen molar-refractivity contribution in [3.63, 3.8) is 0 Å². The summed E-state index contributed by atoms with van der Waals surface area (Å²) < 4.78 is 33.8. The van der Waals surface area contributed by atoms with Gasteiger partial charge in [0.25, 0.3) is 11.5 Å². The zero-order chi connectivity index (χ0) is 18.9. The van der Waals surface area contributed by atoms with Crippen LogP contribution in [0.2, 0.25) is 0 Å². The van der Waals surface area contributed by atoms with E-state index in [2.05, 4.69) is 9.88 Å². The highest BCUT2D eigenvalue weighted by Crippen LogP contribution is 2.36. The van der Waals surface area contributed by atoms with Gasteiger partial charge in [-0.25, -0.2) is 8.78 Å². The highest BCUT2D eigenvalue weighted by Gasteiger charge is 2.45. The van der Waals surface area contributed by atoms with Gasteiger partial charge in [-0.3, -0.25) is 4.79 Å². The van der Waals surface area contributed by atoms with Crippen molar-refractivity contribution in [2.24, 2.45) is 0 Å². The molecule has 0 bridgehead atoms. The maximum absolute atomic E-state index is 14.2. The number of hydrogen-bond donors (Lipinski definition) is 1. The normalized spacial score (nSPS) is 22.2. The van der Waals surface area contributed by atoms with E-state index in [0.717, 1.165) is 11.3 Å². The van der Waals surface area contributed by atoms with Gasteiger partial charge in [0.15, 0.2) is 0 Å². The summed E-state index contributed by atoms with van der Waals surface area (Å²) in [5.74, 6) is -2.31. The molecule has 0 unspecified atom stereocenters. The standard InChI is InChI=1S/C20H23F2N3O2/c21-20(22)13-17(10-15-4-2-1-3-5-15)25(14-20)18-11-16(12-19(26)23-18)24-6-8-27-9-7-24/h1-5,11-12,17H,6-10,13-14H2,(H,23,26)/t17-/m0/s1. The van der Waals surface area contributed by atoms with E-state index in [1.54, 1.807) is 4.90 Å². The Morgan fingerprint density at radius 2 is 1.89 bits per heavy atom. The van der Waals surface area contributed by atoms with Crippen molar-refractivity contribution in [3.05, 3.63) is 58.4 Å². The fraction of sp³-hybridized carbons (Fsp3) is 0.450. The molecule has 5 nitrogen and oxygen atoms in total. The Kier molecular flexibility index (Phi) is 4.86. The monoisotopic (exact) mass is 375 g/mol. The van der Waals surface area contributed by atoms with Crippen molar-refractivity contribution in [1.29, 1.82) is 0 Å². The summed E-state index contributed by atoms with van der Waals surface area (Å²) in [6.45, 7) is 2.19. The highest BCUT2D eigenvalue weighted by atomic mass is 19.3. The first-order chi connectivity index (χ1) is 13.0. The van der Waals surface area contributed by atoms with E-state index in [4.69, 9.17) is 4.74 Å². The Bertz CT molecular complexity index is 835. The van der Waals surface area contributed by atoms with Gasteiger partial charge in [-0.05, 0) is 12.0 Å². The number of H-pyrrole nitrogens is 1.